The van der Waals surface area contributed by atoms with Gasteiger partial charge in [0.15, 0.2) is 0 Å². The second-order valence-electron chi connectivity index (χ2n) is 8.65. The maximum atomic E-state index is 13.7. The van der Waals surface area contributed by atoms with Crippen LogP contribution in [0.1, 0.15) is 52.2 Å². The number of rotatable bonds is 5. The summed E-state index contributed by atoms with van der Waals surface area (Å²) in [6, 6.07) is 5.26. The standard InChI is InChI=1S/C23H20F5N5O2/c1-12-13(4-3-5-18(12)35-2)21-14-8-29-11-30-17(14)9-32(21)20(34)10-33-19(23(26,27)28)6-16(31-33)15-7-22(15,24)25/h3-6,8,11,15,21H,7,9-10H2,1-2H3/t15?,21-/m1/s1. The van der Waals surface area contributed by atoms with Crippen molar-refractivity contribution in [2.75, 3.05) is 7.11 Å². The number of alkyl halides is 5. The average Bonchev–Trinajstić information content (AvgIpc) is 3.14. The molecule has 12 heteroatoms. The van der Waals surface area contributed by atoms with E-state index >= 15 is 0 Å². The van der Waals surface area contributed by atoms with Gasteiger partial charge in [-0.25, -0.2) is 18.7 Å². The van der Waals surface area contributed by atoms with Crippen molar-refractivity contribution in [2.24, 2.45) is 0 Å². The Bertz CT molecular complexity index is 1310. The third-order valence-corrected chi connectivity index (χ3v) is 6.47. The number of hydrogen-bond acceptors (Lipinski definition) is 5. The lowest BCUT2D eigenvalue weighted by Crippen LogP contribution is -2.34. The molecule has 1 fully saturated rings. The van der Waals surface area contributed by atoms with Crippen LogP contribution in [0.5, 0.6) is 5.75 Å². The van der Waals surface area contributed by atoms with Gasteiger partial charge in [-0.3, -0.25) is 9.48 Å². The number of amides is 1. The third kappa shape index (κ3) is 4.00. The van der Waals surface area contributed by atoms with Crippen LogP contribution in [0.2, 0.25) is 0 Å². The molecule has 0 saturated heterocycles. The van der Waals surface area contributed by atoms with Crippen molar-refractivity contribution >= 4 is 5.91 Å². The number of fused-ring (bicyclic) bond motifs is 1. The Labute approximate surface area is 196 Å². The molecule has 2 aliphatic rings. The van der Waals surface area contributed by atoms with Crippen LogP contribution in [-0.4, -0.2) is 43.6 Å². The summed E-state index contributed by atoms with van der Waals surface area (Å²) in [4.78, 5) is 23.1. The lowest BCUT2D eigenvalue weighted by atomic mass is 9.96. The van der Waals surface area contributed by atoms with E-state index in [1.54, 1.807) is 24.4 Å². The van der Waals surface area contributed by atoms with Crippen molar-refractivity contribution in [1.82, 2.24) is 24.6 Å². The number of carbonyl (C=O) groups excluding carboxylic acids is 1. The number of halogens is 5. The van der Waals surface area contributed by atoms with Crippen LogP contribution < -0.4 is 4.74 Å². The zero-order valence-corrected chi connectivity index (χ0v) is 18.7. The van der Waals surface area contributed by atoms with Gasteiger partial charge >= 0.3 is 6.18 Å². The predicted molar refractivity (Wildman–Crippen MR) is 112 cm³/mol. The van der Waals surface area contributed by atoms with Gasteiger partial charge in [0.1, 0.15) is 24.3 Å². The van der Waals surface area contributed by atoms with Gasteiger partial charge in [0, 0.05) is 18.2 Å². The smallest absolute Gasteiger partial charge is 0.433 e. The van der Waals surface area contributed by atoms with Crippen LogP contribution in [0.25, 0.3) is 0 Å². The van der Waals surface area contributed by atoms with E-state index in [-0.39, 0.29) is 12.2 Å². The van der Waals surface area contributed by atoms with Crippen LogP contribution >= 0.6 is 0 Å². The molecule has 1 unspecified atom stereocenters. The largest absolute Gasteiger partial charge is 0.496 e. The fraction of sp³-hybridized carbons (Fsp3) is 0.391. The lowest BCUT2D eigenvalue weighted by Gasteiger charge is -2.27. The second-order valence-corrected chi connectivity index (χ2v) is 8.65. The molecular formula is C23H20F5N5O2. The molecule has 184 valence electrons. The Morgan fingerprint density at radius 2 is 2.00 bits per heavy atom. The Balaban J connectivity index is 1.51. The SMILES string of the molecule is COc1cccc([C@@H]2c3cncnc3CN2C(=O)Cn2nc(C3CC3(F)F)cc2C(F)(F)F)c1C. The summed E-state index contributed by atoms with van der Waals surface area (Å²) in [6.07, 6.45) is -2.52. The van der Waals surface area contributed by atoms with Crippen molar-refractivity contribution in [3.63, 3.8) is 0 Å². The van der Waals surface area contributed by atoms with Gasteiger partial charge in [-0.2, -0.15) is 18.3 Å². The first-order valence-corrected chi connectivity index (χ1v) is 10.8. The third-order valence-electron chi connectivity index (χ3n) is 6.47. The van der Waals surface area contributed by atoms with Crippen LogP contribution in [0.3, 0.4) is 0 Å². The summed E-state index contributed by atoms with van der Waals surface area (Å²) in [6.45, 7) is 1.10. The fourth-order valence-corrected chi connectivity index (χ4v) is 4.57. The van der Waals surface area contributed by atoms with Crippen LogP contribution in [0.4, 0.5) is 22.0 Å². The average molecular weight is 493 g/mol. The number of carbonyl (C=O) groups is 1. The lowest BCUT2D eigenvalue weighted by molar-refractivity contribution is -0.146. The molecule has 5 rings (SSSR count). The topological polar surface area (TPSA) is 73.1 Å². The van der Waals surface area contributed by atoms with Gasteiger partial charge < -0.3 is 9.64 Å². The minimum atomic E-state index is -4.86. The molecule has 0 radical (unpaired) electrons. The van der Waals surface area contributed by atoms with Crippen molar-refractivity contribution in [3.8, 4) is 5.75 Å². The number of ether oxygens (including phenoxy) is 1. The summed E-state index contributed by atoms with van der Waals surface area (Å²) in [7, 11) is 1.51. The molecule has 3 heterocycles. The quantitative estimate of drug-likeness (QED) is 0.497. The Hall–Kier alpha value is -3.57. The molecule has 0 bridgehead atoms. The molecule has 1 aliphatic carbocycles. The second kappa shape index (κ2) is 7.99. The molecule has 0 spiro atoms. The molecule has 3 aromatic rings. The Kier molecular flexibility index (Phi) is 5.29. The van der Waals surface area contributed by atoms with Crippen molar-refractivity contribution in [3.05, 3.63) is 70.6 Å². The first-order valence-electron chi connectivity index (χ1n) is 10.8. The van der Waals surface area contributed by atoms with Gasteiger partial charge in [-0.1, -0.05) is 12.1 Å². The molecule has 1 aliphatic heterocycles. The first kappa shape index (κ1) is 23.2. The molecule has 1 aromatic carbocycles. The first-order chi connectivity index (χ1) is 16.5. The number of aromatic nitrogens is 4. The van der Waals surface area contributed by atoms with Gasteiger partial charge in [-0.05, 0) is 30.2 Å². The highest BCUT2D eigenvalue weighted by Crippen LogP contribution is 2.55. The van der Waals surface area contributed by atoms with Crippen molar-refractivity contribution in [2.45, 2.75) is 50.5 Å². The van der Waals surface area contributed by atoms with Crippen LogP contribution in [-0.2, 0) is 24.1 Å². The molecule has 35 heavy (non-hydrogen) atoms. The predicted octanol–water partition coefficient (Wildman–Crippen LogP) is 4.26. The summed E-state index contributed by atoms with van der Waals surface area (Å²) in [5, 5.41) is 3.76. The van der Waals surface area contributed by atoms with Crippen LogP contribution in [0.15, 0.2) is 36.8 Å². The van der Waals surface area contributed by atoms with E-state index in [0.29, 0.717) is 33.3 Å². The molecule has 7 nitrogen and oxygen atoms in total. The highest BCUT2D eigenvalue weighted by Gasteiger charge is 2.59. The molecule has 2 atom stereocenters. The van der Waals surface area contributed by atoms with E-state index in [2.05, 4.69) is 15.1 Å². The summed E-state index contributed by atoms with van der Waals surface area (Å²) in [5.41, 5.74) is 1.06. The molecule has 0 N–H and O–H groups in total. The summed E-state index contributed by atoms with van der Waals surface area (Å²) < 4.78 is 73.8. The summed E-state index contributed by atoms with van der Waals surface area (Å²) in [5.74, 6) is -4.55. The zero-order chi connectivity index (χ0) is 25.1. The van der Waals surface area contributed by atoms with Crippen LogP contribution in [0, 0.1) is 6.92 Å². The van der Waals surface area contributed by atoms with E-state index in [1.165, 1.54) is 18.3 Å². The highest BCUT2D eigenvalue weighted by molar-refractivity contribution is 5.78. The molecule has 1 saturated carbocycles. The number of hydrogen-bond donors (Lipinski definition) is 0. The summed E-state index contributed by atoms with van der Waals surface area (Å²) >= 11 is 0. The monoisotopic (exact) mass is 493 g/mol. The molecule has 2 aromatic heterocycles. The van der Waals surface area contributed by atoms with Crippen molar-refractivity contribution in [1.29, 1.82) is 0 Å². The van der Waals surface area contributed by atoms with Crippen molar-refractivity contribution < 1.29 is 31.5 Å². The highest BCUT2D eigenvalue weighted by atomic mass is 19.4. The molecule has 1 amide bonds. The minimum Gasteiger partial charge on any atom is -0.496 e. The zero-order valence-electron chi connectivity index (χ0n) is 18.7. The van der Waals surface area contributed by atoms with E-state index < -0.39 is 48.6 Å². The van der Waals surface area contributed by atoms with E-state index in [4.69, 9.17) is 4.74 Å². The van der Waals surface area contributed by atoms with Gasteiger partial charge in [0.2, 0.25) is 5.91 Å². The fourth-order valence-electron chi connectivity index (χ4n) is 4.57. The number of nitrogens with zero attached hydrogens (tertiary/aromatic N) is 5. The van der Waals surface area contributed by atoms with Gasteiger partial charge in [0.25, 0.3) is 5.92 Å². The van der Waals surface area contributed by atoms with E-state index in [9.17, 15) is 26.7 Å². The normalized spacial score (nSPS) is 20.6. The number of methoxy groups -OCH3 is 1. The minimum absolute atomic E-state index is 0.0498. The Morgan fingerprint density at radius 1 is 1.26 bits per heavy atom. The number of benzene rings is 1. The Morgan fingerprint density at radius 3 is 2.66 bits per heavy atom. The maximum Gasteiger partial charge on any atom is 0.433 e. The maximum absolute atomic E-state index is 13.7. The van der Waals surface area contributed by atoms with E-state index in [1.807, 2.05) is 6.92 Å². The van der Waals surface area contributed by atoms with E-state index in [0.717, 1.165) is 5.56 Å². The van der Waals surface area contributed by atoms with Gasteiger partial charge in [-0.15, -0.1) is 0 Å². The van der Waals surface area contributed by atoms with Gasteiger partial charge in [0.05, 0.1) is 37.0 Å². The molecular weight excluding hydrogens is 473 g/mol.